The summed E-state index contributed by atoms with van der Waals surface area (Å²) in [5, 5.41) is 8.95. The molecule has 0 aromatic carbocycles. The number of hydrogen-bond donors (Lipinski definition) is 0. The van der Waals surface area contributed by atoms with Gasteiger partial charge in [0.05, 0.1) is 19.3 Å². The summed E-state index contributed by atoms with van der Waals surface area (Å²) in [4.78, 5) is 0. The SMILES string of the molecule is CCCCCCC[C@H]1CO[C@H]([C@H]2CC[C@H](C#N)CC2)OC1. The van der Waals surface area contributed by atoms with Crippen LogP contribution in [0.3, 0.4) is 0 Å². The predicted molar refractivity (Wildman–Crippen MR) is 83.6 cm³/mol. The lowest BCUT2D eigenvalue weighted by Crippen LogP contribution is -2.38. The van der Waals surface area contributed by atoms with Crippen molar-refractivity contribution in [2.24, 2.45) is 17.8 Å². The van der Waals surface area contributed by atoms with Gasteiger partial charge >= 0.3 is 0 Å². The molecule has 0 radical (unpaired) electrons. The van der Waals surface area contributed by atoms with E-state index in [-0.39, 0.29) is 12.2 Å². The molecule has 1 saturated heterocycles. The van der Waals surface area contributed by atoms with Gasteiger partial charge in [0.1, 0.15) is 0 Å². The van der Waals surface area contributed by atoms with Crippen molar-refractivity contribution in [1.29, 1.82) is 5.26 Å². The molecule has 2 rings (SSSR count). The fourth-order valence-corrected chi connectivity index (χ4v) is 3.55. The first-order valence-corrected chi connectivity index (χ1v) is 8.96. The van der Waals surface area contributed by atoms with Crippen molar-refractivity contribution in [3.8, 4) is 6.07 Å². The van der Waals surface area contributed by atoms with E-state index in [1.165, 1.54) is 38.5 Å². The van der Waals surface area contributed by atoms with Crippen LogP contribution in [0.25, 0.3) is 0 Å². The van der Waals surface area contributed by atoms with Crippen LogP contribution in [0.15, 0.2) is 0 Å². The van der Waals surface area contributed by atoms with Crippen molar-refractivity contribution >= 4 is 0 Å². The van der Waals surface area contributed by atoms with Crippen molar-refractivity contribution in [3.63, 3.8) is 0 Å². The maximum absolute atomic E-state index is 8.95. The second-order valence-electron chi connectivity index (χ2n) is 6.84. The first-order valence-electron chi connectivity index (χ1n) is 8.96. The molecule has 2 aliphatic rings. The Kier molecular flexibility index (Phi) is 7.53. The topological polar surface area (TPSA) is 42.2 Å². The lowest BCUT2D eigenvalue weighted by molar-refractivity contribution is -0.229. The Morgan fingerprint density at radius 3 is 2.24 bits per heavy atom. The van der Waals surface area contributed by atoms with Crippen LogP contribution in [0.4, 0.5) is 0 Å². The highest BCUT2D eigenvalue weighted by molar-refractivity contribution is 4.88. The number of ether oxygens (including phenoxy) is 2. The van der Waals surface area contributed by atoms with Crippen LogP contribution in [0.2, 0.25) is 0 Å². The fraction of sp³-hybridized carbons (Fsp3) is 0.944. The molecule has 1 saturated carbocycles. The number of nitriles is 1. The van der Waals surface area contributed by atoms with Crippen LogP contribution in [-0.2, 0) is 9.47 Å². The van der Waals surface area contributed by atoms with Crippen LogP contribution in [0.1, 0.15) is 71.1 Å². The van der Waals surface area contributed by atoms with E-state index in [4.69, 9.17) is 14.7 Å². The summed E-state index contributed by atoms with van der Waals surface area (Å²) in [6.07, 6.45) is 12.2. The molecule has 0 spiro atoms. The molecule has 21 heavy (non-hydrogen) atoms. The average molecular weight is 293 g/mol. The van der Waals surface area contributed by atoms with Gasteiger partial charge in [-0.1, -0.05) is 39.0 Å². The van der Waals surface area contributed by atoms with Gasteiger partial charge in [0.25, 0.3) is 0 Å². The van der Waals surface area contributed by atoms with Gasteiger partial charge in [0.2, 0.25) is 0 Å². The van der Waals surface area contributed by atoms with Crippen molar-refractivity contribution in [2.75, 3.05) is 13.2 Å². The largest absolute Gasteiger partial charge is 0.352 e. The van der Waals surface area contributed by atoms with E-state index in [1.54, 1.807) is 0 Å². The molecule has 1 aliphatic carbocycles. The molecule has 1 aliphatic heterocycles. The minimum absolute atomic E-state index is 0.000911. The molecule has 0 aromatic heterocycles. The molecular weight excluding hydrogens is 262 g/mol. The third-order valence-corrected chi connectivity index (χ3v) is 5.05. The molecule has 0 N–H and O–H groups in total. The summed E-state index contributed by atoms with van der Waals surface area (Å²) in [6.45, 7) is 4.00. The van der Waals surface area contributed by atoms with Gasteiger partial charge in [-0.15, -0.1) is 0 Å². The van der Waals surface area contributed by atoms with E-state index in [9.17, 15) is 0 Å². The van der Waals surface area contributed by atoms with Gasteiger partial charge in [-0.3, -0.25) is 0 Å². The number of unbranched alkanes of at least 4 members (excludes halogenated alkanes) is 4. The lowest BCUT2D eigenvalue weighted by Gasteiger charge is -2.36. The number of nitrogens with zero attached hydrogens (tertiary/aromatic N) is 1. The molecule has 120 valence electrons. The third kappa shape index (κ3) is 5.60. The van der Waals surface area contributed by atoms with E-state index in [1.807, 2.05) is 0 Å². The molecule has 2 fully saturated rings. The summed E-state index contributed by atoms with van der Waals surface area (Å²) in [7, 11) is 0. The van der Waals surface area contributed by atoms with Crippen molar-refractivity contribution < 1.29 is 9.47 Å². The van der Waals surface area contributed by atoms with Gasteiger partial charge < -0.3 is 9.47 Å². The Hall–Kier alpha value is -0.590. The minimum Gasteiger partial charge on any atom is -0.352 e. The molecular formula is C18H31NO2. The summed E-state index contributed by atoms with van der Waals surface area (Å²) >= 11 is 0. The predicted octanol–water partition coefficient (Wildman–Crippen LogP) is 4.67. The fourth-order valence-electron chi connectivity index (χ4n) is 3.55. The second kappa shape index (κ2) is 9.43. The zero-order valence-corrected chi connectivity index (χ0v) is 13.6. The molecule has 0 bridgehead atoms. The molecule has 0 amide bonds. The van der Waals surface area contributed by atoms with Gasteiger partial charge in [-0.2, -0.15) is 5.26 Å². The van der Waals surface area contributed by atoms with Crippen molar-refractivity contribution in [1.82, 2.24) is 0 Å². The van der Waals surface area contributed by atoms with Crippen LogP contribution in [0, 0.1) is 29.1 Å². The van der Waals surface area contributed by atoms with Crippen molar-refractivity contribution in [3.05, 3.63) is 0 Å². The molecule has 0 unspecified atom stereocenters. The first kappa shape index (κ1) is 16.8. The zero-order valence-electron chi connectivity index (χ0n) is 13.6. The lowest BCUT2D eigenvalue weighted by atomic mass is 9.82. The van der Waals surface area contributed by atoms with Gasteiger partial charge in [0.15, 0.2) is 6.29 Å². The van der Waals surface area contributed by atoms with E-state index >= 15 is 0 Å². The number of rotatable bonds is 7. The summed E-state index contributed by atoms with van der Waals surface area (Å²) in [5.74, 6) is 1.37. The Balaban J connectivity index is 1.57. The zero-order chi connectivity index (χ0) is 14.9. The van der Waals surface area contributed by atoms with Crippen LogP contribution < -0.4 is 0 Å². The molecule has 0 aromatic rings. The highest BCUT2D eigenvalue weighted by Gasteiger charge is 2.32. The summed E-state index contributed by atoms with van der Waals surface area (Å²) in [6, 6.07) is 2.39. The quantitative estimate of drug-likeness (QED) is 0.641. The van der Waals surface area contributed by atoms with Crippen LogP contribution in [-0.4, -0.2) is 19.5 Å². The van der Waals surface area contributed by atoms with Crippen LogP contribution in [0.5, 0.6) is 0 Å². The Morgan fingerprint density at radius 1 is 0.952 bits per heavy atom. The first-order chi connectivity index (χ1) is 10.3. The van der Waals surface area contributed by atoms with E-state index in [0.29, 0.717) is 11.8 Å². The van der Waals surface area contributed by atoms with E-state index in [2.05, 4.69) is 13.0 Å². The Labute approximate surface area is 130 Å². The summed E-state index contributed by atoms with van der Waals surface area (Å²) < 4.78 is 11.9. The minimum atomic E-state index is 0.000911. The Bertz CT molecular complexity index is 310. The van der Waals surface area contributed by atoms with E-state index < -0.39 is 0 Å². The average Bonchev–Trinajstić information content (AvgIpc) is 2.55. The second-order valence-corrected chi connectivity index (χ2v) is 6.84. The van der Waals surface area contributed by atoms with Crippen LogP contribution >= 0.6 is 0 Å². The normalized spacial score (nSPS) is 33.5. The summed E-state index contributed by atoms with van der Waals surface area (Å²) in [5.41, 5.74) is 0. The van der Waals surface area contributed by atoms with Crippen molar-refractivity contribution in [2.45, 2.75) is 77.4 Å². The van der Waals surface area contributed by atoms with E-state index in [0.717, 1.165) is 38.9 Å². The standard InChI is InChI=1S/C18H31NO2/c1-2-3-4-5-6-7-16-13-20-18(21-14-16)17-10-8-15(12-19)9-11-17/h15-18H,2-11,13-14H2,1H3/t15-,16-,17-,18-. The Morgan fingerprint density at radius 2 is 1.62 bits per heavy atom. The highest BCUT2D eigenvalue weighted by Crippen LogP contribution is 2.34. The smallest absolute Gasteiger partial charge is 0.160 e. The van der Waals surface area contributed by atoms with Gasteiger partial charge in [0, 0.05) is 17.8 Å². The molecule has 0 atom stereocenters. The maximum Gasteiger partial charge on any atom is 0.160 e. The molecule has 3 nitrogen and oxygen atoms in total. The third-order valence-electron chi connectivity index (χ3n) is 5.05. The molecule has 3 heteroatoms. The molecule has 1 heterocycles. The number of hydrogen-bond acceptors (Lipinski definition) is 3. The highest BCUT2D eigenvalue weighted by atomic mass is 16.7. The maximum atomic E-state index is 8.95. The van der Waals surface area contributed by atoms with Gasteiger partial charge in [-0.25, -0.2) is 0 Å². The monoisotopic (exact) mass is 293 g/mol. The van der Waals surface area contributed by atoms with Gasteiger partial charge in [-0.05, 0) is 32.1 Å².